The molecule has 0 radical (unpaired) electrons. The molecule has 0 aliphatic rings. The number of aromatic nitrogens is 4. The Kier molecular flexibility index (Phi) is 5.27. The Balaban J connectivity index is 1.84. The molecule has 0 fully saturated rings. The van der Waals surface area contributed by atoms with E-state index in [4.69, 9.17) is 0 Å². The largest absolute Gasteiger partial charge is 0.357 e. The number of thioether (sulfide) groups is 1. The molecular formula is C19H24N4OS. The second-order valence-corrected chi connectivity index (χ2v) is 7.40. The number of unbranched alkanes of at least 4 members (excludes halogenated alkanes) is 1. The van der Waals surface area contributed by atoms with Crippen LogP contribution >= 0.6 is 11.8 Å². The van der Waals surface area contributed by atoms with Gasteiger partial charge in [-0.1, -0.05) is 37.2 Å². The number of aromatic amines is 1. The first-order chi connectivity index (χ1) is 12.0. The van der Waals surface area contributed by atoms with Crippen molar-refractivity contribution >= 4 is 22.7 Å². The SMILES string of the molecule is CCCCc1nnc(SCc2cc(=O)c3c(C)ccc(C)c3[nH]2)n1C. The van der Waals surface area contributed by atoms with E-state index < -0.39 is 0 Å². The van der Waals surface area contributed by atoms with Crippen molar-refractivity contribution < 1.29 is 0 Å². The van der Waals surface area contributed by atoms with Gasteiger partial charge in [0.05, 0.1) is 5.52 Å². The van der Waals surface area contributed by atoms with Crippen molar-refractivity contribution in [2.75, 3.05) is 0 Å². The Morgan fingerprint density at radius 3 is 2.72 bits per heavy atom. The summed E-state index contributed by atoms with van der Waals surface area (Å²) >= 11 is 1.60. The summed E-state index contributed by atoms with van der Waals surface area (Å²) in [6, 6.07) is 5.75. The molecule has 0 atom stereocenters. The highest BCUT2D eigenvalue weighted by atomic mass is 32.2. The number of nitrogens with one attached hydrogen (secondary N) is 1. The summed E-state index contributed by atoms with van der Waals surface area (Å²) in [5.41, 5.74) is 4.02. The van der Waals surface area contributed by atoms with Crippen molar-refractivity contribution in [2.45, 2.75) is 50.9 Å². The Labute approximate surface area is 151 Å². The van der Waals surface area contributed by atoms with Gasteiger partial charge in [-0.3, -0.25) is 4.79 Å². The fourth-order valence-corrected chi connectivity index (χ4v) is 3.80. The number of hydrogen-bond acceptors (Lipinski definition) is 4. The van der Waals surface area contributed by atoms with Gasteiger partial charge in [0, 0.05) is 36.4 Å². The molecule has 0 spiro atoms. The van der Waals surface area contributed by atoms with Gasteiger partial charge >= 0.3 is 0 Å². The van der Waals surface area contributed by atoms with E-state index in [2.05, 4.69) is 26.7 Å². The molecule has 1 N–H and O–H groups in total. The third-order valence-electron chi connectivity index (χ3n) is 4.50. The van der Waals surface area contributed by atoms with Crippen molar-refractivity contribution in [2.24, 2.45) is 7.05 Å². The van der Waals surface area contributed by atoms with Crippen molar-refractivity contribution in [1.29, 1.82) is 0 Å². The average molecular weight is 356 g/mol. The van der Waals surface area contributed by atoms with Crippen LogP contribution in [0.15, 0.2) is 28.2 Å². The molecular weight excluding hydrogens is 332 g/mol. The molecule has 0 amide bonds. The second-order valence-electron chi connectivity index (χ2n) is 6.46. The zero-order valence-corrected chi connectivity index (χ0v) is 16.0. The van der Waals surface area contributed by atoms with Gasteiger partial charge in [-0.15, -0.1) is 10.2 Å². The summed E-state index contributed by atoms with van der Waals surface area (Å²) in [6.07, 6.45) is 3.21. The van der Waals surface area contributed by atoms with Crippen LogP contribution in [0.4, 0.5) is 0 Å². The topological polar surface area (TPSA) is 63.6 Å². The Bertz CT molecular complexity index is 958. The van der Waals surface area contributed by atoms with Crippen LogP contribution in [0.1, 0.15) is 42.4 Å². The summed E-state index contributed by atoms with van der Waals surface area (Å²) in [7, 11) is 2.00. The van der Waals surface area contributed by atoms with Gasteiger partial charge < -0.3 is 9.55 Å². The number of pyridine rings is 1. The van der Waals surface area contributed by atoms with E-state index in [-0.39, 0.29) is 5.43 Å². The third-order valence-corrected chi connectivity index (χ3v) is 5.56. The predicted octanol–water partition coefficient (Wildman–Crippen LogP) is 3.91. The zero-order chi connectivity index (χ0) is 18.0. The van der Waals surface area contributed by atoms with Crippen molar-refractivity contribution in [1.82, 2.24) is 19.7 Å². The number of benzene rings is 1. The Hall–Kier alpha value is -2.08. The van der Waals surface area contributed by atoms with Gasteiger partial charge in [-0.25, -0.2) is 0 Å². The molecule has 6 heteroatoms. The lowest BCUT2D eigenvalue weighted by atomic mass is 10.0. The first kappa shape index (κ1) is 17.7. The van der Waals surface area contributed by atoms with Crippen LogP contribution in [-0.2, 0) is 19.2 Å². The van der Waals surface area contributed by atoms with Crippen LogP contribution in [0.3, 0.4) is 0 Å². The average Bonchev–Trinajstić information content (AvgIpc) is 2.94. The number of fused-ring (bicyclic) bond motifs is 1. The maximum absolute atomic E-state index is 12.5. The summed E-state index contributed by atoms with van der Waals surface area (Å²) in [5.74, 6) is 1.68. The van der Waals surface area contributed by atoms with Gasteiger partial charge in [-0.2, -0.15) is 0 Å². The van der Waals surface area contributed by atoms with Crippen LogP contribution < -0.4 is 5.43 Å². The lowest BCUT2D eigenvalue weighted by molar-refractivity contribution is 0.686. The number of rotatable bonds is 6. The minimum atomic E-state index is 0.0761. The summed E-state index contributed by atoms with van der Waals surface area (Å²) < 4.78 is 2.05. The van der Waals surface area contributed by atoms with E-state index in [0.717, 1.165) is 58.0 Å². The highest BCUT2D eigenvalue weighted by Gasteiger charge is 2.11. The lowest BCUT2D eigenvalue weighted by Crippen LogP contribution is -2.07. The molecule has 2 aromatic heterocycles. The van der Waals surface area contributed by atoms with E-state index in [1.165, 1.54) is 0 Å². The maximum atomic E-state index is 12.5. The first-order valence-electron chi connectivity index (χ1n) is 8.64. The third kappa shape index (κ3) is 3.63. The Morgan fingerprint density at radius 2 is 1.96 bits per heavy atom. The molecule has 0 unspecified atom stereocenters. The van der Waals surface area contributed by atoms with Gasteiger partial charge in [-0.05, 0) is 31.4 Å². The van der Waals surface area contributed by atoms with Crippen molar-refractivity contribution in [3.05, 3.63) is 51.1 Å². The highest BCUT2D eigenvalue weighted by Crippen LogP contribution is 2.23. The summed E-state index contributed by atoms with van der Waals surface area (Å²) in [6.45, 7) is 6.17. The van der Waals surface area contributed by atoms with E-state index in [0.29, 0.717) is 5.75 Å². The van der Waals surface area contributed by atoms with Gasteiger partial charge in [0.2, 0.25) is 0 Å². The standard InChI is InChI=1S/C19H24N4OS/c1-5-6-7-16-21-22-19(23(16)4)25-11-14-10-15(24)17-12(2)8-9-13(3)18(17)20-14/h8-10H,5-7,11H2,1-4H3,(H,20,24). The zero-order valence-electron chi connectivity index (χ0n) is 15.2. The smallest absolute Gasteiger partial charge is 0.191 e. The molecule has 2 heterocycles. The molecule has 132 valence electrons. The molecule has 0 aliphatic heterocycles. The number of aryl methyl sites for hydroxylation is 3. The van der Waals surface area contributed by atoms with Crippen LogP contribution in [0.25, 0.3) is 10.9 Å². The molecule has 0 saturated heterocycles. The molecule has 0 saturated carbocycles. The fraction of sp³-hybridized carbons (Fsp3) is 0.421. The molecule has 25 heavy (non-hydrogen) atoms. The van der Waals surface area contributed by atoms with Crippen molar-refractivity contribution in [3.63, 3.8) is 0 Å². The summed E-state index contributed by atoms with van der Waals surface area (Å²) in [4.78, 5) is 15.9. The van der Waals surface area contributed by atoms with Crippen LogP contribution in [0, 0.1) is 13.8 Å². The molecule has 0 aliphatic carbocycles. The number of hydrogen-bond donors (Lipinski definition) is 1. The van der Waals surface area contributed by atoms with Gasteiger partial charge in [0.1, 0.15) is 5.82 Å². The van der Waals surface area contributed by atoms with Crippen LogP contribution in [0.5, 0.6) is 0 Å². The second kappa shape index (κ2) is 7.44. The molecule has 5 nitrogen and oxygen atoms in total. The number of H-pyrrole nitrogens is 1. The van der Waals surface area contributed by atoms with Crippen LogP contribution in [-0.4, -0.2) is 19.7 Å². The van der Waals surface area contributed by atoms with Crippen LogP contribution in [0.2, 0.25) is 0 Å². The van der Waals surface area contributed by atoms with Crippen molar-refractivity contribution in [3.8, 4) is 0 Å². The fourth-order valence-electron chi connectivity index (χ4n) is 2.96. The normalized spacial score (nSPS) is 11.4. The van der Waals surface area contributed by atoms with E-state index >= 15 is 0 Å². The summed E-state index contributed by atoms with van der Waals surface area (Å²) in [5, 5.41) is 10.2. The lowest BCUT2D eigenvalue weighted by Gasteiger charge is -2.08. The maximum Gasteiger partial charge on any atom is 0.191 e. The molecule has 3 aromatic rings. The van der Waals surface area contributed by atoms with Gasteiger partial charge in [0.25, 0.3) is 0 Å². The molecule has 3 rings (SSSR count). The predicted molar refractivity (Wildman–Crippen MR) is 103 cm³/mol. The minimum Gasteiger partial charge on any atom is -0.357 e. The quantitative estimate of drug-likeness (QED) is 0.680. The highest BCUT2D eigenvalue weighted by molar-refractivity contribution is 7.98. The Morgan fingerprint density at radius 1 is 1.20 bits per heavy atom. The van der Waals surface area contributed by atoms with E-state index in [9.17, 15) is 4.79 Å². The van der Waals surface area contributed by atoms with E-state index in [1.54, 1.807) is 17.8 Å². The molecule has 1 aromatic carbocycles. The number of nitrogens with zero attached hydrogens (tertiary/aromatic N) is 3. The van der Waals surface area contributed by atoms with Gasteiger partial charge in [0.15, 0.2) is 10.6 Å². The van der Waals surface area contributed by atoms with E-state index in [1.807, 2.05) is 33.0 Å². The first-order valence-corrected chi connectivity index (χ1v) is 9.63. The monoisotopic (exact) mass is 356 g/mol. The molecule has 0 bridgehead atoms. The minimum absolute atomic E-state index is 0.0761.